The molecule has 1 amide bonds. The van der Waals surface area contributed by atoms with Crippen LogP contribution in [0.4, 0.5) is 0 Å². The quantitative estimate of drug-likeness (QED) is 0.784. The van der Waals surface area contributed by atoms with E-state index in [1.807, 2.05) is 6.21 Å². The molecule has 2 N–H and O–H groups in total. The summed E-state index contributed by atoms with van der Waals surface area (Å²) >= 11 is 0. The highest BCUT2D eigenvalue weighted by Crippen LogP contribution is 2.40. The molecule has 1 fully saturated rings. The van der Waals surface area contributed by atoms with Crippen molar-refractivity contribution >= 4 is 12.1 Å². The summed E-state index contributed by atoms with van der Waals surface area (Å²) in [5.74, 6) is 0.809. The van der Waals surface area contributed by atoms with Gasteiger partial charge in [-0.05, 0) is 30.9 Å². The van der Waals surface area contributed by atoms with E-state index in [1.54, 1.807) is 0 Å². The van der Waals surface area contributed by atoms with Gasteiger partial charge < -0.3 is 5.32 Å². The van der Waals surface area contributed by atoms with Gasteiger partial charge in [0.05, 0.1) is 6.42 Å². The number of dihydropyridines is 1. The van der Waals surface area contributed by atoms with E-state index in [1.165, 1.54) is 11.1 Å². The lowest BCUT2D eigenvalue weighted by molar-refractivity contribution is -0.123. The number of nitrogens with one attached hydrogen (secondary N) is 2. The zero-order chi connectivity index (χ0) is 15.9. The predicted molar refractivity (Wildman–Crippen MR) is 88.0 cm³/mol. The number of nitrogens with zero attached hydrogens (tertiary/aromatic N) is 2. The van der Waals surface area contributed by atoms with E-state index < -0.39 is 0 Å². The number of rotatable bonds is 3. The van der Waals surface area contributed by atoms with Crippen LogP contribution in [0.15, 0.2) is 28.4 Å². The van der Waals surface area contributed by atoms with Gasteiger partial charge >= 0.3 is 0 Å². The van der Waals surface area contributed by atoms with Crippen LogP contribution in [0, 0.1) is 11.8 Å². The van der Waals surface area contributed by atoms with E-state index in [-0.39, 0.29) is 24.0 Å². The molecule has 3 rings (SSSR count). The third-order valence-corrected chi connectivity index (χ3v) is 4.51. The number of carbonyl (C=O) groups is 1. The van der Waals surface area contributed by atoms with Crippen LogP contribution in [0.3, 0.4) is 0 Å². The zero-order valence-corrected chi connectivity index (χ0v) is 13.8. The van der Waals surface area contributed by atoms with Crippen molar-refractivity contribution in [1.82, 2.24) is 15.8 Å². The van der Waals surface area contributed by atoms with Crippen LogP contribution >= 0.6 is 0 Å². The molecule has 3 aliphatic rings. The second kappa shape index (κ2) is 5.88. The van der Waals surface area contributed by atoms with Gasteiger partial charge in [0.1, 0.15) is 0 Å². The van der Waals surface area contributed by atoms with Crippen LogP contribution in [0.5, 0.6) is 0 Å². The fraction of sp³-hybridized carbons (Fsp3) is 0.647. The molecule has 3 heterocycles. The first kappa shape index (κ1) is 15.3. The second-order valence-corrected chi connectivity index (χ2v) is 7.03. The molecule has 0 aromatic carbocycles. The molecule has 5 heteroatoms. The SMILES string of the molecule is CC(C)NN1C=C2CC(=O)NC(C(C)C)C2C2=CCC=NC21. The van der Waals surface area contributed by atoms with Crippen molar-refractivity contribution in [2.45, 2.75) is 58.8 Å². The molecule has 1 saturated heterocycles. The Bertz CT molecular complexity index is 547. The highest BCUT2D eigenvalue weighted by atomic mass is 16.1. The van der Waals surface area contributed by atoms with Crippen LogP contribution in [-0.2, 0) is 4.79 Å². The largest absolute Gasteiger partial charge is 0.352 e. The van der Waals surface area contributed by atoms with Crippen LogP contribution in [0.25, 0.3) is 0 Å². The molecule has 0 bridgehead atoms. The molecule has 0 saturated carbocycles. The lowest BCUT2D eigenvalue weighted by Crippen LogP contribution is -2.57. The van der Waals surface area contributed by atoms with Crippen molar-refractivity contribution in [2.75, 3.05) is 0 Å². The van der Waals surface area contributed by atoms with Crippen molar-refractivity contribution < 1.29 is 4.79 Å². The molecule has 0 spiro atoms. The smallest absolute Gasteiger partial charge is 0.224 e. The predicted octanol–water partition coefficient (Wildman–Crippen LogP) is 1.99. The fourth-order valence-corrected chi connectivity index (χ4v) is 3.66. The Hall–Kier alpha value is -1.62. The van der Waals surface area contributed by atoms with Crippen LogP contribution < -0.4 is 10.7 Å². The average molecular weight is 302 g/mol. The minimum atomic E-state index is 0.0150. The van der Waals surface area contributed by atoms with Crippen molar-refractivity contribution in [3.63, 3.8) is 0 Å². The third-order valence-electron chi connectivity index (χ3n) is 4.51. The van der Waals surface area contributed by atoms with Crippen molar-refractivity contribution in [2.24, 2.45) is 16.8 Å². The minimum absolute atomic E-state index is 0.0150. The zero-order valence-electron chi connectivity index (χ0n) is 13.8. The van der Waals surface area contributed by atoms with Gasteiger partial charge in [0.25, 0.3) is 0 Å². The van der Waals surface area contributed by atoms with Crippen LogP contribution in [0.1, 0.15) is 40.5 Å². The Morgan fingerprint density at radius 1 is 1.36 bits per heavy atom. The first-order chi connectivity index (χ1) is 10.5. The number of allylic oxidation sites excluding steroid dienone is 1. The summed E-state index contributed by atoms with van der Waals surface area (Å²) in [5, 5.41) is 5.27. The van der Waals surface area contributed by atoms with E-state index in [9.17, 15) is 4.79 Å². The Kier molecular flexibility index (Phi) is 4.08. The van der Waals surface area contributed by atoms with E-state index in [2.05, 4.69) is 55.7 Å². The molecule has 0 aliphatic carbocycles. The van der Waals surface area contributed by atoms with Crippen LogP contribution in [0.2, 0.25) is 0 Å². The third kappa shape index (κ3) is 2.70. The number of aliphatic imine (C=N–C) groups is 1. The Labute approximate surface area is 132 Å². The van der Waals surface area contributed by atoms with Gasteiger partial charge in [-0.1, -0.05) is 19.9 Å². The molecule has 3 aliphatic heterocycles. The van der Waals surface area contributed by atoms with E-state index >= 15 is 0 Å². The summed E-state index contributed by atoms with van der Waals surface area (Å²) in [7, 11) is 0. The Morgan fingerprint density at radius 2 is 2.14 bits per heavy atom. The first-order valence-corrected chi connectivity index (χ1v) is 8.23. The average Bonchev–Trinajstić information content (AvgIpc) is 2.45. The summed E-state index contributed by atoms with van der Waals surface area (Å²) in [5.41, 5.74) is 5.97. The topological polar surface area (TPSA) is 56.7 Å². The summed E-state index contributed by atoms with van der Waals surface area (Å²) in [6.45, 7) is 8.58. The Balaban J connectivity index is 2.01. The summed E-state index contributed by atoms with van der Waals surface area (Å²) in [6.07, 6.45) is 7.76. The molecule has 3 unspecified atom stereocenters. The molecule has 0 radical (unpaired) electrons. The molecule has 3 atom stereocenters. The van der Waals surface area contributed by atoms with Gasteiger partial charge in [0, 0.05) is 36.8 Å². The van der Waals surface area contributed by atoms with Gasteiger partial charge in [-0.2, -0.15) is 0 Å². The van der Waals surface area contributed by atoms with Gasteiger partial charge in [-0.15, -0.1) is 0 Å². The van der Waals surface area contributed by atoms with Crippen LogP contribution in [-0.4, -0.2) is 35.4 Å². The number of fused-ring (bicyclic) bond motifs is 3. The highest BCUT2D eigenvalue weighted by Gasteiger charge is 2.43. The van der Waals surface area contributed by atoms with Crippen molar-refractivity contribution in [3.05, 3.63) is 23.4 Å². The number of hydrogen-bond acceptors (Lipinski definition) is 4. The van der Waals surface area contributed by atoms with Gasteiger partial charge in [0.2, 0.25) is 5.91 Å². The second-order valence-electron chi connectivity index (χ2n) is 7.03. The molecule has 22 heavy (non-hydrogen) atoms. The monoisotopic (exact) mass is 302 g/mol. The maximum Gasteiger partial charge on any atom is 0.224 e. The number of hydrazine groups is 1. The molecule has 0 aromatic rings. The first-order valence-electron chi connectivity index (χ1n) is 8.23. The molecule has 5 nitrogen and oxygen atoms in total. The lowest BCUT2D eigenvalue weighted by Gasteiger charge is -2.47. The van der Waals surface area contributed by atoms with E-state index in [4.69, 9.17) is 4.99 Å². The Morgan fingerprint density at radius 3 is 2.82 bits per heavy atom. The molecule has 0 aromatic heterocycles. The summed E-state index contributed by atoms with van der Waals surface area (Å²) < 4.78 is 0. The van der Waals surface area contributed by atoms with Crippen molar-refractivity contribution in [3.8, 4) is 0 Å². The maximum atomic E-state index is 12.1. The minimum Gasteiger partial charge on any atom is -0.352 e. The summed E-state index contributed by atoms with van der Waals surface area (Å²) in [6, 6.07) is 0.487. The number of amides is 1. The molecular weight excluding hydrogens is 276 g/mol. The number of piperidine rings is 1. The fourth-order valence-electron chi connectivity index (χ4n) is 3.66. The van der Waals surface area contributed by atoms with E-state index in [0.29, 0.717) is 18.4 Å². The van der Waals surface area contributed by atoms with Gasteiger partial charge in [-0.3, -0.25) is 14.8 Å². The summed E-state index contributed by atoms with van der Waals surface area (Å²) in [4.78, 5) is 16.8. The van der Waals surface area contributed by atoms with E-state index in [0.717, 1.165) is 6.42 Å². The van der Waals surface area contributed by atoms with Crippen molar-refractivity contribution in [1.29, 1.82) is 0 Å². The number of carbonyl (C=O) groups excluding carboxylic acids is 1. The molecular formula is C17H26N4O. The lowest BCUT2D eigenvalue weighted by atomic mass is 9.73. The molecule has 120 valence electrons. The van der Waals surface area contributed by atoms with Gasteiger partial charge in [0.15, 0.2) is 6.17 Å². The maximum absolute atomic E-state index is 12.1. The standard InChI is InChI=1S/C17H26N4O/c1-10(2)16-15-12(8-14(22)19-16)9-21(20-11(3)4)17-13(15)6-5-7-18-17/h6-7,9-11,15-17,20H,5,8H2,1-4H3,(H,19,22). The van der Waals surface area contributed by atoms with Gasteiger partial charge in [-0.25, -0.2) is 5.43 Å². The normalized spacial score (nSPS) is 30.7. The number of hydrogen-bond donors (Lipinski definition) is 2. The highest BCUT2D eigenvalue weighted by molar-refractivity contribution is 5.81.